The van der Waals surface area contributed by atoms with E-state index in [1.54, 1.807) is 18.0 Å². The van der Waals surface area contributed by atoms with E-state index in [9.17, 15) is 14.9 Å². The first-order chi connectivity index (χ1) is 10.6. The molecule has 1 amide bonds. The number of non-ortho nitro benzene ring substituents is 1. The number of carbonyl (C=O) groups is 1. The molecule has 2 aromatic rings. The maximum absolute atomic E-state index is 12.6. The van der Waals surface area contributed by atoms with Crippen molar-refractivity contribution >= 4 is 11.6 Å². The zero-order valence-electron chi connectivity index (χ0n) is 12.2. The Morgan fingerprint density at radius 1 is 1.45 bits per heavy atom. The molecule has 3 rings (SSSR count). The fraction of sp³-hybridized carbons (Fsp3) is 0.333. The Bertz CT molecular complexity index is 712. The molecule has 0 saturated carbocycles. The van der Waals surface area contributed by atoms with Crippen molar-refractivity contribution in [1.29, 1.82) is 0 Å². The SMILES string of the molecule is Cc1cc([N+](=O)[O-])ccc1C(=O)N1CC[C@@H](n2cccn2)C1. The molecule has 0 radical (unpaired) electrons. The summed E-state index contributed by atoms with van der Waals surface area (Å²) in [5, 5.41) is 15.0. The van der Waals surface area contributed by atoms with Crippen LogP contribution in [0.15, 0.2) is 36.7 Å². The van der Waals surface area contributed by atoms with Gasteiger partial charge in [0.15, 0.2) is 0 Å². The quantitative estimate of drug-likeness (QED) is 0.642. The zero-order chi connectivity index (χ0) is 15.7. The minimum Gasteiger partial charge on any atom is -0.336 e. The Hall–Kier alpha value is -2.70. The Balaban J connectivity index is 1.76. The van der Waals surface area contributed by atoms with Gasteiger partial charge in [-0.25, -0.2) is 0 Å². The number of hydrogen-bond acceptors (Lipinski definition) is 4. The van der Waals surface area contributed by atoms with Gasteiger partial charge >= 0.3 is 0 Å². The fourth-order valence-corrected chi connectivity index (χ4v) is 2.81. The summed E-state index contributed by atoms with van der Waals surface area (Å²) < 4.78 is 1.87. The van der Waals surface area contributed by atoms with E-state index < -0.39 is 4.92 Å². The summed E-state index contributed by atoms with van der Waals surface area (Å²) >= 11 is 0. The van der Waals surface area contributed by atoms with E-state index in [0.717, 1.165) is 6.42 Å². The molecule has 7 heteroatoms. The first-order valence-electron chi connectivity index (χ1n) is 7.09. The van der Waals surface area contributed by atoms with Crippen LogP contribution in [0.2, 0.25) is 0 Å². The summed E-state index contributed by atoms with van der Waals surface area (Å²) in [6, 6.07) is 6.41. The van der Waals surface area contributed by atoms with Crippen LogP contribution in [-0.2, 0) is 0 Å². The van der Waals surface area contributed by atoms with Crippen LogP contribution in [0.4, 0.5) is 5.69 Å². The standard InChI is InChI=1S/C15H16N4O3/c1-11-9-12(19(21)22)3-4-14(11)15(20)17-8-5-13(10-17)18-7-2-6-16-18/h2-4,6-7,9,13H,5,8,10H2,1H3/t13-/m1/s1. The first-order valence-corrected chi connectivity index (χ1v) is 7.09. The molecule has 22 heavy (non-hydrogen) atoms. The van der Waals surface area contributed by atoms with Crippen molar-refractivity contribution in [3.05, 3.63) is 57.9 Å². The highest BCUT2D eigenvalue weighted by atomic mass is 16.6. The summed E-state index contributed by atoms with van der Waals surface area (Å²) in [7, 11) is 0. The number of benzene rings is 1. The topological polar surface area (TPSA) is 81.3 Å². The van der Waals surface area contributed by atoms with Gasteiger partial charge in [-0.05, 0) is 31.0 Å². The van der Waals surface area contributed by atoms with Crippen molar-refractivity contribution in [2.24, 2.45) is 0 Å². The third-order valence-electron chi connectivity index (χ3n) is 4.00. The molecule has 1 aliphatic rings. The molecule has 1 fully saturated rings. The number of amides is 1. The lowest BCUT2D eigenvalue weighted by Gasteiger charge is -2.18. The molecule has 2 heterocycles. The van der Waals surface area contributed by atoms with Crippen LogP contribution in [0.25, 0.3) is 0 Å². The predicted molar refractivity (Wildman–Crippen MR) is 79.6 cm³/mol. The van der Waals surface area contributed by atoms with E-state index in [4.69, 9.17) is 0 Å². The second kappa shape index (κ2) is 5.59. The minimum absolute atomic E-state index is 0.00453. The molecule has 7 nitrogen and oxygen atoms in total. The molecule has 1 aromatic carbocycles. The van der Waals surface area contributed by atoms with Crippen molar-refractivity contribution in [1.82, 2.24) is 14.7 Å². The van der Waals surface area contributed by atoms with E-state index in [2.05, 4.69) is 5.10 Å². The summed E-state index contributed by atoms with van der Waals surface area (Å²) in [4.78, 5) is 24.7. The van der Waals surface area contributed by atoms with E-state index in [0.29, 0.717) is 24.2 Å². The molecule has 1 aliphatic heterocycles. The van der Waals surface area contributed by atoms with Crippen LogP contribution in [0.1, 0.15) is 28.4 Å². The molecule has 114 valence electrons. The van der Waals surface area contributed by atoms with Crippen LogP contribution in [0, 0.1) is 17.0 Å². The Morgan fingerprint density at radius 2 is 2.27 bits per heavy atom. The second-order valence-electron chi connectivity index (χ2n) is 5.44. The van der Waals surface area contributed by atoms with Gasteiger partial charge < -0.3 is 4.90 Å². The minimum atomic E-state index is -0.454. The Kier molecular flexibility index (Phi) is 3.62. The molecule has 0 N–H and O–H groups in total. The van der Waals surface area contributed by atoms with Gasteiger partial charge in [0.1, 0.15) is 0 Å². The lowest BCUT2D eigenvalue weighted by atomic mass is 10.1. The van der Waals surface area contributed by atoms with E-state index >= 15 is 0 Å². The van der Waals surface area contributed by atoms with Crippen molar-refractivity contribution in [3.8, 4) is 0 Å². The highest BCUT2D eigenvalue weighted by Gasteiger charge is 2.29. The van der Waals surface area contributed by atoms with Gasteiger partial charge in [0.2, 0.25) is 0 Å². The van der Waals surface area contributed by atoms with Crippen molar-refractivity contribution < 1.29 is 9.72 Å². The zero-order valence-corrected chi connectivity index (χ0v) is 12.2. The molecule has 1 atom stereocenters. The maximum atomic E-state index is 12.6. The summed E-state index contributed by atoms with van der Waals surface area (Å²) in [5.41, 5.74) is 1.15. The monoisotopic (exact) mass is 300 g/mol. The van der Waals surface area contributed by atoms with Gasteiger partial charge in [0.05, 0.1) is 11.0 Å². The summed E-state index contributed by atoms with van der Waals surface area (Å²) in [5.74, 6) is -0.0814. The van der Waals surface area contributed by atoms with Crippen LogP contribution < -0.4 is 0 Å². The van der Waals surface area contributed by atoms with Gasteiger partial charge in [-0.1, -0.05) is 0 Å². The molecule has 0 bridgehead atoms. The number of aromatic nitrogens is 2. The molecule has 0 spiro atoms. The van der Waals surface area contributed by atoms with Gasteiger partial charge in [0, 0.05) is 43.2 Å². The number of aryl methyl sites for hydroxylation is 1. The maximum Gasteiger partial charge on any atom is 0.269 e. The van der Waals surface area contributed by atoms with E-state index in [1.807, 2.05) is 16.9 Å². The number of nitro benzene ring substituents is 1. The Morgan fingerprint density at radius 3 is 2.91 bits per heavy atom. The van der Waals surface area contributed by atoms with Gasteiger partial charge in [-0.2, -0.15) is 5.10 Å². The normalized spacial score (nSPS) is 17.7. The molecule has 0 aliphatic carbocycles. The van der Waals surface area contributed by atoms with Gasteiger partial charge in [-0.3, -0.25) is 19.6 Å². The number of hydrogen-bond donors (Lipinski definition) is 0. The summed E-state index contributed by atoms with van der Waals surface area (Å²) in [6.45, 7) is 3.00. The van der Waals surface area contributed by atoms with Gasteiger partial charge in [-0.15, -0.1) is 0 Å². The molecule has 1 saturated heterocycles. The third-order valence-corrected chi connectivity index (χ3v) is 4.00. The van der Waals surface area contributed by atoms with Crippen molar-refractivity contribution in [3.63, 3.8) is 0 Å². The summed E-state index contributed by atoms with van der Waals surface area (Å²) in [6.07, 6.45) is 4.49. The molecule has 1 aromatic heterocycles. The van der Waals surface area contributed by atoms with Crippen LogP contribution in [0.5, 0.6) is 0 Å². The number of likely N-dealkylation sites (tertiary alicyclic amines) is 1. The predicted octanol–water partition coefficient (Wildman–Crippen LogP) is 2.19. The third kappa shape index (κ3) is 2.57. The first kappa shape index (κ1) is 14.2. The molecular formula is C15H16N4O3. The Labute approximate surface area is 127 Å². The highest BCUT2D eigenvalue weighted by Crippen LogP contribution is 2.24. The van der Waals surface area contributed by atoms with E-state index in [-0.39, 0.29) is 17.6 Å². The average molecular weight is 300 g/mol. The number of nitro groups is 1. The van der Waals surface area contributed by atoms with Crippen LogP contribution >= 0.6 is 0 Å². The van der Waals surface area contributed by atoms with Gasteiger partial charge in [0.25, 0.3) is 11.6 Å². The number of carbonyl (C=O) groups excluding carboxylic acids is 1. The number of rotatable bonds is 3. The largest absolute Gasteiger partial charge is 0.336 e. The van der Waals surface area contributed by atoms with Crippen molar-refractivity contribution in [2.45, 2.75) is 19.4 Å². The molecular weight excluding hydrogens is 284 g/mol. The lowest BCUT2D eigenvalue weighted by Crippen LogP contribution is -2.29. The second-order valence-corrected chi connectivity index (χ2v) is 5.44. The average Bonchev–Trinajstić information content (AvgIpc) is 3.17. The van der Waals surface area contributed by atoms with Crippen LogP contribution in [0.3, 0.4) is 0 Å². The van der Waals surface area contributed by atoms with Crippen LogP contribution in [-0.4, -0.2) is 38.6 Å². The number of nitrogens with zero attached hydrogens (tertiary/aromatic N) is 4. The fourth-order valence-electron chi connectivity index (χ4n) is 2.81. The highest BCUT2D eigenvalue weighted by molar-refractivity contribution is 5.96. The van der Waals surface area contributed by atoms with Crippen molar-refractivity contribution in [2.75, 3.05) is 13.1 Å². The van der Waals surface area contributed by atoms with E-state index in [1.165, 1.54) is 18.2 Å². The molecule has 0 unspecified atom stereocenters. The lowest BCUT2D eigenvalue weighted by molar-refractivity contribution is -0.384. The smallest absolute Gasteiger partial charge is 0.269 e.